The van der Waals surface area contributed by atoms with Crippen molar-refractivity contribution in [2.24, 2.45) is 11.7 Å². The first-order chi connectivity index (χ1) is 7.63. The van der Waals surface area contributed by atoms with Crippen molar-refractivity contribution < 1.29 is 9.53 Å². The van der Waals surface area contributed by atoms with E-state index in [9.17, 15) is 4.79 Å². The molecule has 3 nitrogen and oxygen atoms in total. The minimum Gasteiger partial charge on any atom is -0.469 e. The molecule has 88 valence electrons. The fourth-order valence-corrected chi connectivity index (χ4v) is 1.66. The number of carbonyl (C=O) groups excluding carboxylic acids is 1. The molecule has 1 rings (SSSR count). The summed E-state index contributed by atoms with van der Waals surface area (Å²) in [5, 5.41) is 0. The second-order valence-corrected chi connectivity index (χ2v) is 4.09. The van der Waals surface area contributed by atoms with Gasteiger partial charge in [-0.15, -0.1) is 0 Å². The molecule has 0 bridgehead atoms. The Kier molecular flexibility index (Phi) is 4.99. The van der Waals surface area contributed by atoms with E-state index >= 15 is 0 Å². The van der Waals surface area contributed by atoms with E-state index in [1.54, 1.807) is 0 Å². The summed E-state index contributed by atoms with van der Waals surface area (Å²) in [6.45, 7) is 1.93. The molecule has 0 heterocycles. The number of rotatable bonds is 5. The largest absolute Gasteiger partial charge is 0.469 e. The lowest BCUT2D eigenvalue weighted by atomic mass is 9.91. The van der Waals surface area contributed by atoms with Crippen LogP contribution in [0.4, 0.5) is 0 Å². The molecule has 0 saturated carbocycles. The maximum absolute atomic E-state index is 11.2. The van der Waals surface area contributed by atoms with Crippen molar-refractivity contribution in [3.63, 3.8) is 0 Å². The lowest BCUT2D eigenvalue weighted by molar-refractivity contribution is -0.141. The quantitative estimate of drug-likeness (QED) is 0.771. The number of nitrogens with two attached hydrogens (primary N) is 1. The fraction of sp³-hybridized carbons (Fsp3) is 0.462. The first kappa shape index (κ1) is 12.7. The van der Waals surface area contributed by atoms with Crippen LogP contribution in [0.2, 0.25) is 0 Å². The number of ether oxygens (including phenoxy) is 1. The van der Waals surface area contributed by atoms with Crippen LogP contribution in [0.1, 0.15) is 18.9 Å². The minimum atomic E-state index is -0.196. The molecule has 1 aromatic carbocycles. The third kappa shape index (κ3) is 4.03. The van der Waals surface area contributed by atoms with E-state index in [-0.39, 0.29) is 17.9 Å². The average Bonchev–Trinajstić information content (AvgIpc) is 2.29. The molecule has 0 fully saturated rings. The van der Waals surface area contributed by atoms with E-state index in [0.717, 1.165) is 6.42 Å². The fourth-order valence-electron chi connectivity index (χ4n) is 1.66. The molecule has 0 radical (unpaired) electrons. The third-order valence-corrected chi connectivity index (χ3v) is 2.74. The van der Waals surface area contributed by atoms with Gasteiger partial charge in [-0.2, -0.15) is 0 Å². The number of esters is 1. The Hall–Kier alpha value is -1.35. The zero-order valence-electron chi connectivity index (χ0n) is 9.85. The second-order valence-electron chi connectivity index (χ2n) is 4.09. The van der Waals surface area contributed by atoms with E-state index < -0.39 is 0 Å². The summed E-state index contributed by atoms with van der Waals surface area (Å²) in [7, 11) is 1.41. The average molecular weight is 221 g/mol. The monoisotopic (exact) mass is 221 g/mol. The highest BCUT2D eigenvalue weighted by molar-refractivity contribution is 5.69. The maximum atomic E-state index is 11.2. The van der Waals surface area contributed by atoms with E-state index in [4.69, 9.17) is 5.73 Å². The molecular weight excluding hydrogens is 202 g/mol. The van der Waals surface area contributed by atoms with E-state index in [1.165, 1.54) is 12.7 Å². The summed E-state index contributed by atoms with van der Waals surface area (Å²) in [5.74, 6) is -0.0620. The van der Waals surface area contributed by atoms with Crippen LogP contribution < -0.4 is 5.73 Å². The van der Waals surface area contributed by atoms with Gasteiger partial charge in [0.25, 0.3) is 0 Å². The molecule has 0 spiro atoms. The number of benzene rings is 1. The summed E-state index contributed by atoms with van der Waals surface area (Å²) in [6, 6.07) is 10.0. The Morgan fingerprint density at radius 1 is 1.38 bits per heavy atom. The van der Waals surface area contributed by atoms with Crippen LogP contribution in [-0.2, 0) is 16.0 Å². The molecule has 0 aliphatic rings. The Labute approximate surface area is 96.6 Å². The van der Waals surface area contributed by atoms with Gasteiger partial charge in [-0.3, -0.25) is 4.79 Å². The molecule has 2 N–H and O–H groups in total. The van der Waals surface area contributed by atoms with Crippen molar-refractivity contribution in [3.05, 3.63) is 35.9 Å². The number of carbonyl (C=O) groups is 1. The van der Waals surface area contributed by atoms with Gasteiger partial charge in [0.15, 0.2) is 0 Å². The van der Waals surface area contributed by atoms with Gasteiger partial charge in [-0.25, -0.2) is 0 Å². The van der Waals surface area contributed by atoms with Crippen LogP contribution in [0.15, 0.2) is 30.3 Å². The second kappa shape index (κ2) is 6.28. The van der Waals surface area contributed by atoms with Crippen LogP contribution in [0.5, 0.6) is 0 Å². The molecule has 0 amide bonds. The first-order valence-electron chi connectivity index (χ1n) is 5.49. The van der Waals surface area contributed by atoms with Crippen LogP contribution in [-0.4, -0.2) is 19.1 Å². The Balaban J connectivity index is 2.62. The van der Waals surface area contributed by atoms with Crippen molar-refractivity contribution in [1.82, 2.24) is 0 Å². The van der Waals surface area contributed by atoms with Crippen molar-refractivity contribution in [2.75, 3.05) is 7.11 Å². The lowest BCUT2D eigenvalue weighted by Gasteiger charge is -2.19. The molecule has 0 aliphatic carbocycles. The summed E-state index contributed by atoms with van der Waals surface area (Å²) < 4.78 is 4.67. The molecular formula is C13H19NO2. The van der Waals surface area contributed by atoms with Gasteiger partial charge in [-0.1, -0.05) is 30.3 Å². The Morgan fingerprint density at radius 3 is 2.50 bits per heavy atom. The predicted molar refractivity (Wildman–Crippen MR) is 63.9 cm³/mol. The van der Waals surface area contributed by atoms with Crippen LogP contribution in [0.25, 0.3) is 0 Å². The summed E-state index contributed by atoms with van der Waals surface area (Å²) in [5.41, 5.74) is 7.08. The summed E-state index contributed by atoms with van der Waals surface area (Å²) in [6.07, 6.45) is 1.19. The maximum Gasteiger partial charge on any atom is 0.305 e. The van der Waals surface area contributed by atoms with Crippen molar-refractivity contribution >= 4 is 5.97 Å². The predicted octanol–water partition coefficient (Wildman–Crippen LogP) is 1.76. The first-order valence-corrected chi connectivity index (χ1v) is 5.49. The minimum absolute atomic E-state index is 0.0145. The van der Waals surface area contributed by atoms with Gasteiger partial charge >= 0.3 is 5.97 Å². The highest BCUT2D eigenvalue weighted by atomic mass is 16.5. The van der Waals surface area contributed by atoms with E-state index in [0.29, 0.717) is 6.42 Å². The highest BCUT2D eigenvalue weighted by Crippen LogP contribution is 2.15. The summed E-state index contributed by atoms with van der Waals surface area (Å²) >= 11 is 0. The molecule has 16 heavy (non-hydrogen) atoms. The Morgan fingerprint density at radius 2 is 2.00 bits per heavy atom. The molecule has 0 saturated heterocycles. The van der Waals surface area contributed by atoms with Gasteiger partial charge in [0.1, 0.15) is 0 Å². The smallest absolute Gasteiger partial charge is 0.305 e. The van der Waals surface area contributed by atoms with E-state index in [2.05, 4.69) is 4.74 Å². The van der Waals surface area contributed by atoms with Gasteiger partial charge in [0, 0.05) is 6.04 Å². The molecule has 0 aromatic heterocycles. The van der Waals surface area contributed by atoms with Crippen molar-refractivity contribution in [2.45, 2.75) is 25.8 Å². The van der Waals surface area contributed by atoms with Crippen molar-refractivity contribution in [3.8, 4) is 0 Å². The Bertz CT molecular complexity index is 322. The molecule has 0 aliphatic heterocycles. The SMILES string of the molecule is COC(=O)CC(Cc1ccccc1)C(C)N. The van der Waals surface area contributed by atoms with Crippen LogP contribution >= 0.6 is 0 Å². The molecule has 1 aromatic rings. The van der Waals surface area contributed by atoms with Gasteiger partial charge < -0.3 is 10.5 Å². The van der Waals surface area contributed by atoms with Gasteiger partial charge in [0.05, 0.1) is 13.5 Å². The standard InChI is InChI=1S/C13H19NO2/c1-10(14)12(9-13(15)16-2)8-11-6-4-3-5-7-11/h3-7,10,12H,8-9,14H2,1-2H3. The zero-order valence-corrected chi connectivity index (χ0v) is 9.85. The number of methoxy groups -OCH3 is 1. The van der Waals surface area contributed by atoms with Crippen LogP contribution in [0.3, 0.4) is 0 Å². The summed E-state index contributed by atoms with van der Waals surface area (Å²) in [4.78, 5) is 11.2. The number of hydrogen-bond donors (Lipinski definition) is 1. The highest BCUT2D eigenvalue weighted by Gasteiger charge is 2.18. The number of hydrogen-bond acceptors (Lipinski definition) is 3. The molecule has 2 unspecified atom stereocenters. The molecule has 2 atom stereocenters. The van der Waals surface area contributed by atoms with Crippen molar-refractivity contribution in [1.29, 1.82) is 0 Å². The van der Waals surface area contributed by atoms with Crippen LogP contribution in [0, 0.1) is 5.92 Å². The normalized spacial score (nSPS) is 14.2. The van der Waals surface area contributed by atoms with Gasteiger partial charge in [-0.05, 0) is 24.8 Å². The molecule has 3 heteroatoms. The lowest BCUT2D eigenvalue weighted by Crippen LogP contribution is -2.30. The zero-order chi connectivity index (χ0) is 12.0. The van der Waals surface area contributed by atoms with Gasteiger partial charge in [0.2, 0.25) is 0 Å². The van der Waals surface area contributed by atoms with E-state index in [1.807, 2.05) is 37.3 Å². The third-order valence-electron chi connectivity index (χ3n) is 2.74. The topological polar surface area (TPSA) is 52.3 Å².